The van der Waals surface area contributed by atoms with Gasteiger partial charge in [-0.1, -0.05) is 30.4 Å². The lowest BCUT2D eigenvalue weighted by atomic mass is 10.1. The molecule has 1 aliphatic carbocycles. The van der Waals surface area contributed by atoms with Crippen LogP contribution in [0.5, 0.6) is 0 Å². The summed E-state index contributed by atoms with van der Waals surface area (Å²) in [6.07, 6.45) is 10.6. The summed E-state index contributed by atoms with van der Waals surface area (Å²) in [5.74, 6) is -2.62. The van der Waals surface area contributed by atoms with E-state index in [-0.39, 0.29) is 29.4 Å². The Morgan fingerprint density at radius 2 is 1.90 bits per heavy atom. The number of aromatic nitrogens is 4. The highest BCUT2D eigenvalue weighted by atomic mass is 19.4. The molecule has 0 spiro atoms. The van der Waals surface area contributed by atoms with Crippen LogP contribution in [-0.4, -0.2) is 43.9 Å². The van der Waals surface area contributed by atoms with E-state index in [4.69, 9.17) is 0 Å². The number of imidazole rings is 1. The third kappa shape index (κ3) is 5.68. The fraction of sp³-hybridized carbons (Fsp3) is 0.393. The van der Waals surface area contributed by atoms with Crippen molar-refractivity contribution in [1.82, 2.24) is 24.2 Å². The Balaban J connectivity index is 1.45. The molecular weight excluding hydrogens is 514 g/mol. The van der Waals surface area contributed by atoms with Gasteiger partial charge in [-0.2, -0.15) is 13.2 Å². The average Bonchev–Trinajstić information content (AvgIpc) is 3.30. The molecule has 0 amide bonds. The first kappa shape index (κ1) is 26.9. The van der Waals surface area contributed by atoms with Crippen LogP contribution in [0.2, 0.25) is 0 Å². The van der Waals surface area contributed by atoms with Crippen LogP contribution in [0.4, 0.5) is 17.6 Å². The van der Waals surface area contributed by atoms with Crippen LogP contribution in [0.25, 0.3) is 23.6 Å². The van der Waals surface area contributed by atoms with Crippen molar-refractivity contribution in [2.75, 3.05) is 19.6 Å². The molecule has 0 N–H and O–H groups in total. The number of halogens is 4. The van der Waals surface area contributed by atoms with E-state index in [1.165, 1.54) is 12.1 Å². The number of likely N-dealkylation sites (tertiary alicyclic amines) is 1. The maximum atomic E-state index is 15.2. The van der Waals surface area contributed by atoms with Crippen molar-refractivity contribution >= 4 is 12.2 Å². The first-order valence-electron chi connectivity index (χ1n) is 13.0. The van der Waals surface area contributed by atoms with Gasteiger partial charge in [-0.05, 0) is 63.4 Å². The van der Waals surface area contributed by atoms with E-state index < -0.39 is 23.8 Å². The number of hydrogen-bond donors (Lipinski definition) is 0. The SMILES string of the molecule is C/C=C/CN1CCCC(n2c3c(n(Cc4ccc(-c5nnc(C(F)(F)F)o5)cc4F)c2=O)C=CCC=C3)CC1. The van der Waals surface area contributed by atoms with E-state index in [9.17, 15) is 18.0 Å². The fourth-order valence-electron chi connectivity index (χ4n) is 5.15. The minimum atomic E-state index is -4.79. The van der Waals surface area contributed by atoms with Gasteiger partial charge in [0, 0.05) is 30.3 Å². The predicted octanol–water partition coefficient (Wildman–Crippen LogP) is 5.94. The van der Waals surface area contributed by atoms with Gasteiger partial charge in [0.15, 0.2) is 0 Å². The lowest BCUT2D eigenvalue weighted by Crippen LogP contribution is -2.30. The highest BCUT2D eigenvalue weighted by Gasteiger charge is 2.38. The Labute approximate surface area is 222 Å². The molecule has 39 heavy (non-hydrogen) atoms. The number of fused-ring (bicyclic) bond motifs is 1. The lowest BCUT2D eigenvalue weighted by molar-refractivity contribution is -0.156. The van der Waals surface area contributed by atoms with Crippen LogP contribution in [-0.2, 0) is 12.7 Å². The zero-order chi connectivity index (χ0) is 27.6. The first-order valence-corrected chi connectivity index (χ1v) is 13.0. The molecule has 0 bridgehead atoms. The molecule has 1 aliphatic heterocycles. The molecule has 1 saturated heterocycles. The van der Waals surface area contributed by atoms with Gasteiger partial charge in [0.05, 0.1) is 17.9 Å². The first-order chi connectivity index (χ1) is 18.8. The van der Waals surface area contributed by atoms with Gasteiger partial charge in [0.2, 0.25) is 5.89 Å². The fourth-order valence-corrected chi connectivity index (χ4v) is 5.15. The summed E-state index contributed by atoms with van der Waals surface area (Å²) in [5, 5.41) is 6.38. The maximum absolute atomic E-state index is 15.2. The van der Waals surface area contributed by atoms with Crippen LogP contribution >= 0.6 is 0 Å². The number of rotatable bonds is 6. The van der Waals surface area contributed by atoms with Crippen molar-refractivity contribution in [3.05, 3.63) is 81.6 Å². The molecule has 1 unspecified atom stereocenters. The molecule has 1 atom stereocenters. The standard InChI is InChI=1S/C28H29F4N5O2/c1-2-3-14-35-15-7-8-21(13-16-35)37-24-10-6-4-5-9-23(24)36(27(37)38)18-20-12-11-19(17-22(20)29)25-33-34-26(39-25)28(30,31)32/h2-3,5-6,9-12,17,21H,4,7-8,13-16,18H2,1H3/b3-2+. The summed E-state index contributed by atoms with van der Waals surface area (Å²) in [5.41, 5.74) is 1.55. The number of alkyl halides is 3. The number of nitrogens with zero attached hydrogens (tertiary/aromatic N) is 5. The van der Waals surface area contributed by atoms with Gasteiger partial charge >= 0.3 is 17.8 Å². The number of allylic oxidation sites excluding steroid dienone is 3. The second kappa shape index (κ2) is 11.2. The van der Waals surface area contributed by atoms with E-state index in [2.05, 4.69) is 25.6 Å². The summed E-state index contributed by atoms with van der Waals surface area (Å²) in [4.78, 5) is 16.2. The normalized spacial score (nSPS) is 18.4. The van der Waals surface area contributed by atoms with Crippen LogP contribution in [0.3, 0.4) is 0 Å². The van der Waals surface area contributed by atoms with Crippen LogP contribution in [0.1, 0.15) is 61.5 Å². The highest BCUT2D eigenvalue weighted by Crippen LogP contribution is 2.31. The van der Waals surface area contributed by atoms with Crippen LogP contribution in [0, 0.1) is 5.82 Å². The van der Waals surface area contributed by atoms with Gasteiger partial charge in [-0.25, -0.2) is 9.18 Å². The molecule has 2 aliphatic rings. The molecule has 7 nitrogen and oxygen atoms in total. The van der Waals surface area contributed by atoms with E-state index >= 15 is 4.39 Å². The Kier molecular flexibility index (Phi) is 7.69. The van der Waals surface area contributed by atoms with Gasteiger partial charge in [0.1, 0.15) is 5.82 Å². The summed E-state index contributed by atoms with van der Waals surface area (Å²) < 4.78 is 61.7. The Morgan fingerprint density at radius 1 is 1.10 bits per heavy atom. The third-order valence-corrected chi connectivity index (χ3v) is 7.12. The topological polar surface area (TPSA) is 69.1 Å². The van der Waals surface area contributed by atoms with Gasteiger partial charge < -0.3 is 4.42 Å². The van der Waals surface area contributed by atoms with Gasteiger partial charge in [-0.3, -0.25) is 14.0 Å². The number of benzene rings is 1. The molecule has 1 fully saturated rings. The minimum Gasteiger partial charge on any atom is -0.413 e. The van der Waals surface area contributed by atoms with E-state index in [1.54, 1.807) is 4.57 Å². The summed E-state index contributed by atoms with van der Waals surface area (Å²) in [7, 11) is 0. The summed E-state index contributed by atoms with van der Waals surface area (Å²) in [6, 6.07) is 3.91. The molecule has 3 heterocycles. The smallest absolute Gasteiger partial charge is 0.413 e. The molecule has 11 heteroatoms. The van der Waals surface area contributed by atoms with E-state index in [0.717, 1.165) is 57.1 Å². The number of hydrogen-bond acceptors (Lipinski definition) is 5. The monoisotopic (exact) mass is 543 g/mol. The summed E-state index contributed by atoms with van der Waals surface area (Å²) in [6.45, 7) is 4.70. The average molecular weight is 544 g/mol. The van der Waals surface area contributed by atoms with Crippen molar-refractivity contribution in [2.24, 2.45) is 0 Å². The minimum absolute atomic E-state index is 0.0201. The van der Waals surface area contributed by atoms with Crippen LogP contribution < -0.4 is 5.69 Å². The third-order valence-electron chi connectivity index (χ3n) is 7.12. The molecule has 1 aromatic carbocycles. The molecule has 2 aromatic heterocycles. The van der Waals surface area contributed by atoms with E-state index in [1.807, 2.05) is 41.9 Å². The van der Waals surface area contributed by atoms with Crippen molar-refractivity contribution < 1.29 is 22.0 Å². The second-order valence-electron chi connectivity index (χ2n) is 9.72. The van der Waals surface area contributed by atoms with Crippen molar-refractivity contribution in [2.45, 2.75) is 51.4 Å². The quantitative estimate of drug-likeness (QED) is 0.284. The highest BCUT2D eigenvalue weighted by molar-refractivity contribution is 5.63. The Hall–Kier alpha value is -3.73. The van der Waals surface area contributed by atoms with Gasteiger partial charge in [0.25, 0.3) is 0 Å². The molecule has 0 radical (unpaired) electrons. The van der Waals surface area contributed by atoms with Crippen molar-refractivity contribution in [1.29, 1.82) is 0 Å². The molecule has 0 saturated carbocycles. The van der Waals surface area contributed by atoms with E-state index in [0.29, 0.717) is 5.69 Å². The molecule has 3 aromatic rings. The molecule has 5 rings (SSSR count). The zero-order valence-electron chi connectivity index (χ0n) is 21.5. The zero-order valence-corrected chi connectivity index (χ0v) is 21.5. The van der Waals surface area contributed by atoms with Gasteiger partial charge in [-0.15, -0.1) is 10.2 Å². The predicted molar refractivity (Wildman–Crippen MR) is 139 cm³/mol. The molecule has 206 valence electrons. The summed E-state index contributed by atoms with van der Waals surface area (Å²) >= 11 is 0. The Morgan fingerprint density at radius 3 is 2.62 bits per heavy atom. The van der Waals surface area contributed by atoms with Crippen molar-refractivity contribution in [3.63, 3.8) is 0 Å². The van der Waals surface area contributed by atoms with Crippen LogP contribution in [0.15, 0.2) is 51.7 Å². The Bertz CT molecular complexity index is 1480. The second-order valence-corrected chi connectivity index (χ2v) is 9.72. The molecular formula is C28H29F4N5O2. The van der Waals surface area contributed by atoms with Crippen molar-refractivity contribution in [3.8, 4) is 11.5 Å². The maximum Gasteiger partial charge on any atom is 0.470 e. The lowest BCUT2D eigenvalue weighted by Gasteiger charge is -2.19. The largest absolute Gasteiger partial charge is 0.470 e.